The topological polar surface area (TPSA) is 84.9 Å². The molecule has 0 aliphatic carbocycles. The molecule has 1 spiro atoms. The smallest absolute Gasteiger partial charge is 0.230 e. The second-order valence-electron chi connectivity index (χ2n) is 6.97. The summed E-state index contributed by atoms with van der Waals surface area (Å²) in [4.78, 5) is 27.5. The summed E-state index contributed by atoms with van der Waals surface area (Å²) in [5.41, 5.74) is -0.707. The van der Waals surface area contributed by atoms with Gasteiger partial charge >= 0.3 is 0 Å². The number of rotatable bonds is 5. The zero-order chi connectivity index (χ0) is 17.7. The molecule has 2 aromatic rings. The Balaban J connectivity index is 1.35. The number of carbonyl (C=O) groups excluding carboxylic acids is 2. The highest BCUT2D eigenvalue weighted by atomic mass is 16.5. The van der Waals surface area contributed by atoms with Crippen molar-refractivity contribution in [1.82, 2.24) is 10.2 Å². The van der Waals surface area contributed by atoms with Crippen molar-refractivity contribution >= 4 is 11.8 Å². The average molecular weight is 354 g/mol. The number of furan rings is 2. The third kappa shape index (κ3) is 2.24. The lowest BCUT2D eigenvalue weighted by atomic mass is 9.77. The van der Waals surface area contributed by atoms with Crippen molar-refractivity contribution in [2.45, 2.75) is 24.8 Å². The number of carbonyl (C=O) groups is 2. The van der Waals surface area contributed by atoms with E-state index >= 15 is 0 Å². The van der Waals surface area contributed by atoms with Crippen LogP contribution in [0.1, 0.15) is 11.5 Å². The lowest BCUT2D eigenvalue weighted by molar-refractivity contribution is -0.138. The molecule has 7 heteroatoms. The van der Waals surface area contributed by atoms with Gasteiger partial charge in [0, 0.05) is 0 Å². The van der Waals surface area contributed by atoms with E-state index < -0.39 is 17.4 Å². The Hall–Kier alpha value is -2.80. The zero-order valence-electron chi connectivity index (χ0n) is 14.0. The van der Waals surface area contributed by atoms with Gasteiger partial charge in [0.05, 0.1) is 50.1 Å². The molecule has 3 aliphatic rings. The largest absolute Gasteiger partial charge is 0.467 e. The molecule has 0 aromatic carbocycles. The molecule has 0 saturated carbocycles. The Kier molecular flexibility index (Phi) is 3.33. The standard InChI is InChI=1S/C19H18N2O5/c22-17(20-9-12-3-1-7-24-12)15-14-5-6-19(26-14)11-21(18(23)16(15)19)10-13-4-2-8-25-13/h1-8,14-16H,9-11H2,(H,20,22)/t14-,15-,16-,19+/m0/s1. The van der Waals surface area contributed by atoms with Crippen molar-refractivity contribution < 1.29 is 23.2 Å². The minimum absolute atomic E-state index is 0.0635. The summed E-state index contributed by atoms with van der Waals surface area (Å²) in [5.74, 6) is 0.118. The number of hydrogen-bond donors (Lipinski definition) is 1. The predicted molar refractivity (Wildman–Crippen MR) is 88.4 cm³/mol. The van der Waals surface area contributed by atoms with Crippen LogP contribution in [0.3, 0.4) is 0 Å². The van der Waals surface area contributed by atoms with Crippen molar-refractivity contribution in [2.75, 3.05) is 6.54 Å². The molecule has 2 bridgehead atoms. The number of fused-ring (bicyclic) bond motifs is 1. The maximum atomic E-state index is 13.0. The summed E-state index contributed by atoms with van der Waals surface area (Å²) in [5, 5.41) is 2.87. The molecule has 26 heavy (non-hydrogen) atoms. The number of likely N-dealkylation sites (tertiary alicyclic amines) is 1. The Bertz CT molecular complexity index is 857. The summed E-state index contributed by atoms with van der Waals surface area (Å²) < 4.78 is 16.7. The highest BCUT2D eigenvalue weighted by Gasteiger charge is 2.66. The van der Waals surface area contributed by atoms with Crippen molar-refractivity contribution in [2.24, 2.45) is 11.8 Å². The van der Waals surface area contributed by atoms with Gasteiger partial charge in [0.15, 0.2) is 0 Å². The first kappa shape index (κ1) is 15.5. The van der Waals surface area contributed by atoms with Gasteiger partial charge in [-0.2, -0.15) is 0 Å². The fraction of sp³-hybridized carbons (Fsp3) is 0.368. The molecular formula is C19H18N2O5. The van der Waals surface area contributed by atoms with Crippen molar-refractivity contribution in [3.63, 3.8) is 0 Å². The van der Waals surface area contributed by atoms with Crippen LogP contribution in [-0.4, -0.2) is 35.0 Å². The second-order valence-corrected chi connectivity index (χ2v) is 6.97. The van der Waals surface area contributed by atoms with Crippen LogP contribution in [0, 0.1) is 11.8 Å². The van der Waals surface area contributed by atoms with E-state index in [2.05, 4.69) is 5.32 Å². The third-order valence-corrected chi connectivity index (χ3v) is 5.43. The molecule has 2 amide bonds. The molecular weight excluding hydrogens is 336 g/mol. The van der Waals surface area contributed by atoms with Gasteiger partial charge < -0.3 is 23.8 Å². The van der Waals surface area contributed by atoms with Gasteiger partial charge in [-0.3, -0.25) is 9.59 Å². The number of nitrogens with zero attached hydrogens (tertiary/aromatic N) is 1. The fourth-order valence-corrected chi connectivity index (χ4v) is 4.31. The molecule has 5 heterocycles. The van der Waals surface area contributed by atoms with Crippen LogP contribution in [-0.2, 0) is 27.4 Å². The van der Waals surface area contributed by atoms with E-state index in [1.165, 1.54) is 0 Å². The number of amides is 2. The summed E-state index contributed by atoms with van der Waals surface area (Å²) in [6.07, 6.45) is 6.64. The maximum absolute atomic E-state index is 13.0. The molecule has 1 N–H and O–H groups in total. The van der Waals surface area contributed by atoms with Gasteiger partial charge in [-0.25, -0.2) is 0 Å². The molecule has 0 unspecified atom stereocenters. The SMILES string of the molecule is O=C(NCc1ccco1)[C@H]1[C@@H]2C=C[C@]3(CN(Cc4ccco4)C(=O)[C@H]13)O2. The number of ether oxygens (including phenoxy) is 1. The molecule has 134 valence electrons. The lowest BCUT2D eigenvalue weighted by Crippen LogP contribution is -2.43. The summed E-state index contributed by atoms with van der Waals surface area (Å²) in [7, 11) is 0. The minimum atomic E-state index is -0.707. The third-order valence-electron chi connectivity index (χ3n) is 5.43. The van der Waals surface area contributed by atoms with Crippen LogP contribution in [0.5, 0.6) is 0 Å². The van der Waals surface area contributed by atoms with Gasteiger partial charge in [-0.15, -0.1) is 0 Å². The number of hydrogen-bond acceptors (Lipinski definition) is 5. The van der Waals surface area contributed by atoms with Crippen molar-refractivity contribution in [3.05, 3.63) is 60.5 Å². The van der Waals surface area contributed by atoms with Crippen LogP contribution in [0.15, 0.2) is 57.8 Å². The zero-order valence-corrected chi connectivity index (χ0v) is 14.0. The van der Waals surface area contributed by atoms with Gasteiger partial charge in [-0.1, -0.05) is 12.2 Å². The van der Waals surface area contributed by atoms with Crippen LogP contribution in [0.25, 0.3) is 0 Å². The molecule has 2 fully saturated rings. The Morgan fingerprint density at radius 2 is 2.00 bits per heavy atom. The summed E-state index contributed by atoms with van der Waals surface area (Å²) >= 11 is 0. The van der Waals surface area contributed by atoms with E-state index in [-0.39, 0.29) is 17.9 Å². The Labute approximate surface area is 149 Å². The van der Waals surface area contributed by atoms with Gasteiger partial charge in [0.25, 0.3) is 0 Å². The van der Waals surface area contributed by atoms with Crippen LogP contribution in [0.4, 0.5) is 0 Å². The predicted octanol–water partition coefficient (Wildman–Crippen LogP) is 1.47. The average Bonchev–Trinajstić information content (AvgIpc) is 3.43. The van der Waals surface area contributed by atoms with Gasteiger partial charge in [-0.05, 0) is 24.3 Å². The quantitative estimate of drug-likeness (QED) is 0.822. The first-order chi connectivity index (χ1) is 12.7. The Morgan fingerprint density at radius 1 is 1.23 bits per heavy atom. The van der Waals surface area contributed by atoms with Crippen molar-refractivity contribution in [3.8, 4) is 0 Å². The van der Waals surface area contributed by atoms with Gasteiger partial charge in [0.2, 0.25) is 11.8 Å². The van der Waals surface area contributed by atoms with E-state index in [9.17, 15) is 9.59 Å². The van der Waals surface area contributed by atoms with E-state index in [1.54, 1.807) is 35.6 Å². The first-order valence-electron chi connectivity index (χ1n) is 8.65. The summed E-state index contributed by atoms with van der Waals surface area (Å²) in [6.45, 7) is 1.11. The van der Waals surface area contributed by atoms with E-state index in [4.69, 9.17) is 13.6 Å². The second kappa shape index (κ2) is 5.60. The van der Waals surface area contributed by atoms with E-state index in [0.717, 1.165) is 0 Å². The minimum Gasteiger partial charge on any atom is -0.467 e. The molecule has 3 aliphatic heterocycles. The highest BCUT2D eigenvalue weighted by Crippen LogP contribution is 2.52. The van der Waals surface area contributed by atoms with Crippen LogP contribution in [0.2, 0.25) is 0 Å². The lowest BCUT2D eigenvalue weighted by Gasteiger charge is -2.23. The van der Waals surface area contributed by atoms with E-state index in [0.29, 0.717) is 31.2 Å². The molecule has 4 atom stereocenters. The van der Waals surface area contributed by atoms with E-state index in [1.807, 2.05) is 18.2 Å². The van der Waals surface area contributed by atoms with Gasteiger partial charge in [0.1, 0.15) is 17.1 Å². The Morgan fingerprint density at radius 3 is 2.73 bits per heavy atom. The molecule has 0 radical (unpaired) electrons. The van der Waals surface area contributed by atoms with Crippen molar-refractivity contribution in [1.29, 1.82) is 0 Å². The first-order valence-corrected chi connectivity index (χ1v) is 8.65. The number of nitrogens with one attached hydrogen (secondary N) is 1. The van der Waals surface area contributed by atoms with Crippen LogP contribution >= 0.6 is 0 Å². The molecule has 2 aromatic heterocycles. The normalized spacial score (nSPS) is 31.6. The fourth-order valence-electron chi connectivity index (χ4n) is 4.31. The highest BCUT2D eigenvalue weighted by molar-refractivity contribution is 5.92. The summed E-state index contributed by atoms with van der Waals surface area (Å²) in [6, 6.07) is 7.19. The molecule has 7 nitrogen and oxygen atoms in total. The monoisotopic (exact) mass is 354 g/mol. The maximum Gasteiger partial charge on any atom is 0.230 e. The molecule has 2 saturated heterocycles. The van der Waals surface area contributed by atoms with Crippen LogP contribution < -0.4 is 5.32 Å². The molecule has 5 rings (SSSR count).